The van der Waals surface area contributed by atoms with E-state index in [0.717, 1.165) is 12.7 Å². The topological polar surface area (TPSA) is 91.5 Å². The van der Waals surface area contributed by atoms with Crippen molar-refractivity contribution >= 4 is 10.0 Å². The smallest absolute Gasteiger partial charge is 0.247 e. The first-order chi connectivity index (χ1) is 8.92. The van der Waals surface area contributed by atoms with Crippen molar-refractivity contribution in [1.82, 2.24) is 14.6 Å². The molecule has 0 aliphatic carbocycles. The second-order valence-electron chi connectivity index (χ2n) is 4.20. The zero-order valence-corrected chi connectivity index (χ0v) is 11.9. The minimum atomic E-state index is -3.59. The number of likely N-dealkylation sites (N-methyl/N-ethyl adjacent to an activating group) is 1. The third-order valence-corrected chi connectivity index (χ3v) is 3.75. The number of nitrogens with one attached hydrogen (secondary N) is 2. The van der Waals surface area contributed by atoms with Gasteiger partial charge in [-0.05, 0) is 20.2 Å². The number of aromatic nitrogens is 1. The molecule has 19 heavy (non-hydrogen) atoms. The van der Waals surface area contributed by atoms with Gasteiger partial charge < -0.3 is 14.6 Å². The summed E-state index contributed by atoms with van der Waals surface area (Å²) in [6, 6.07) is 2.43. The lowest BCUT2D eigenvalue weighted by molar-refractivity contribution is 0.122. The second-order valence-corrected chi connectivity index (χ2v) is 5.97. The highest BCUT2D eigenvalue weighted by Crippen LogP contribution is 2.02. The van der Waals surface area contributed by atoms with Crippen LogP contribution in [0.15, 0.2) is 28.0 Å². The van der Waals surface area contributed by atoms with E-state index in [1.165, 1.54) is 12.1 Å². The van der Waals surface area contributed by atoms with Gasteiger partial charge >= 0.3 is 0 Å². The highest BCUT2D eigenvalue weighted by molar-refractivity contribution is 7.89. The van der Waals surface area contributed by atoms with Gasteiger partial charge in [0.05, 0.1) is 18.1 Å². The summed E-state index contributed by atoms with van der Waals surface area (Å²) < 4.78 is 31.2. The number of ether oxygens (including phenoxy) is 1. The normalized spacial score (nSPS) is 11.9. The Hall–Kier alpha value is -1.22. The number of hydrogen-bond acceptors (Lipinski definition) is 5. The minimum Gasteiger partial charge on any atom is -0.379 e. The van der Waals surface area contributed by atoms with Crippen LogP contribution >= 0.6 is 0 Å². The first kappa shape index (κ1) is 15.8. The van der Waals surface area contributed by atoms with E-state index in [1.54, 1.807) is 0 Å². The Bertz CT molecular complexity index is 519. The molecule has 1 rings (SSSR count). The van der Waals surface area contributed by atoms with Crippen LogP contribution in [-0.2, 0) is 14.8 Å². The third-order valence-electron chi connectivity index (χ3n) is 2.29. The van der Waals surface area contributed by atoms with Crippen molar-refractivity contribution in [2.24, 2.45) is 0 Å². The van der Waals surface area contributed by atoms with Gasteiger partial charge in [0, 0.05) is 25.4 Å². The monoisotopic (exact) mass is 289 g/mol. The Labute approximate surface area is 112 Å². The van der Waals surface area contributed by atoms with E-state index in [1.807, 2.05) is 19.0 Å². The summed E-state index contributed by atoms with van der Waals surface area (Å²) in [5.41, 5.74) is -0.342. The third kappa shape index (κ3) is 5.97. The van der Waals surface area contributed by atoms with E-state index >= 15 is 0 Å². The molecule has 8 heteroatoms. The lowest BCUT2D eigenvalue weighted by Gasteiger charge is -2.10. The van der Waals surface area contributed by atoms with Crippen molar-refractivity contribution in [3.05, 3.63) is 28.7 Å². The summed E-state index contributed by atoms with van der Waals surface area (Å²) in [4.78, 5) is 15.2. The molecule has 0 amide bonds. The first-order valence-corrected chi connectivity index (χ1v) is 7.31. The molecule has 0 spiro atoms. The molecule has 0 bridgehead atoms. The summed E-state index contributed by atoms with van der Waals surface area (Å²) in [6.07, 6.45) is 1.16. The number of hydrogen-bond donors (Lipinski definition) is 2. The quantitative estimate of drug-likeness (QED) is 0.613. The lowest BCUT2D eigenvalue weighted by atomic mass is 10.5. The molecule has 0 aromatic carbocycles. The number of H-pyrrole nitrogens is 1. The van der Waals surface area contributed by atoms with Crippen LogP contribution in [-0.4, -0.2) is 58.7 Å². The number of rotatable bonds is 8. The average molecular weight is 289 g/mol. The van der Waals surface area contributed by atoms with Crippen LogP contribution in [0.5, 0.6) is 0 Å². The van der Waals surface area contributed by atoms with E-state index in [2.05, 4.69) is 9.71 Å². The predicted molar refractivity (Wildman–Crippen MR) is 71.6 cm³/mol. The molecule has 0 aliphatic rings. The molecule has 1 aromatic heterocycles. The maximum absolute atomic E-state index is 11.8. The molecule has 0 radical (unpaired) electrons. The molecule has 1 aromatic rings. The van der Waals surface area contributed by atoms with Crippen LogP contribution in [0.1, 0.15) is 0 Å². The lowest BCUT2D eigenvalue weighted by Crippen LogP contribution is -2.29. The van der Waals surface area contributed by atoms with Gasteiger partial charge in [-0.25, -0.2) is 13.1 Å². The summed E-state index contributed by atoms with van der Waals surface area (Å²) in [6.45, 7) is 1.82. The minimum absolute atomic E-state index is 0.0281. The molecule has 2 N–H and O–H groups in total. The SMILES string of the molecule is CN(C)CCOCCNS(=O)(=O)c1ccc(=O)[nH]c1. The summed E-state index contributed by atoms with van der Waals surface area (Å²) >= 11 is 0. The van der Waals surface area contributed by atoms with E-state index in [4.69, 9.17) is 4.74 Å². The van der Waals surface area contributed by atoms with E-state index in [-0.39, 0.29) is 17.0 Å². The Balaban J connectivity index is 2.35. The van der Waals surface area contributed by atoms with Gasteiger partial charge in [-0.2, -0.15) is 0 Å². The Morgan fingerprint density at radius 3 is 2.63 bits per heavy atom. The van der Waals surface area contributed by atoms with Crippen molar-refractivity contribution in [2.45, 2.75) is 4.90 Å². The van der Waals surface area contributed by atoms with Crippen molar-refractivity contribution in [3.63, 3.8) is 0 Å². The fourth-order valence-electron chi connectivity index (χ4n) is 1.24. The molecule has 0 atom stereocenters. The van der Waals surface area contributed by atoms with Crippen molar-refractivity contribution in [3.8, 4) is 0 Å². The summed E-state index contributed by atoms with van der Waals surface area (Å²) in [5, 5.41) is 0. The highest BCUT2D eigenvalue weighted by Gasteiger charge is 2.12. The maximum atomic E-state index is 11.8. The fraction of sp³-hybridized carbons (Fsp3) is 0.545. The highest BCUT2D eigenvalue weighted by atomic mass is 32.2. The number of aromatic amines is 1. The molecular formula is C11H19N3O4S. The largest absolute Gasteiger partial charge is 0.379 e. The maximum Gasteiger partial charge on any atom is 0.247 e. The van der Waals surface area contributed by atoms with Gasteiger partial charge in [-0.15, -0.1) is 0 Å². The zero-order valence-electron chi connectivity index (χ0n) is 11.0. The molecule has 0 fully saturated rings. The van der Waals surface area contributed by atoms with Crippen LogP contribution in [0.25, 0.3) is 0 Å². The zero-order chi connectivity index (χ0) is 14.3. The average Bonchev–Trinajstić information content (AvgIpc) is 2.34. The van der Waals surface area contributed by atoms with Gasteiger partial charge in [0.2, 0.25) is 15.6 Å². The van der Waals surface area contributed by atoms with Crippen molar-refractivity contribution < 1.29 is 13.2 Å². The number of nitrogens with zero attached hydrogens (tertiary/aromatic N) is 1. The number of pyridine rings is 1. The first-order valence-electron chi connectivity index (χ1n) is 5.83. The van der Waals surface area contributed by atoms with Crippen LogP contribution in [0.2, 0.25) is 0 Å². The molecule has 0 saturated heterocycles. The van der Waals surface area contributed by atoms with Crippen LogP contribution in [0.3, 0.4) is 0 Å². The predicted octanol–water partition coefficient (Wildman–Crippen LogP) is -0.769. The molecule has 0 aliphatic heterocycles. The van der Waals surface area contributed by atoms with E-state index in [9.17, 15) is 13.2 Å². The Morgan fingerprint density at radius 2 is 2.05 bits per heavy atom. The van der Waals surface area contributed by atoms with Crippen LogP contribution < -0.4 is 10.3 Å². The van der Waals surface area contributed by atoms with Crippen LogP contribution in [0.4, 0.5) is 0 Å². The van der Waals surface area contributed by atoms with Crippen molar-refractivity contribution in [1.29, 1.82) is 0 Å². The summed E-state index contributed by atoms with van der Waals surface area (Å²) in [5.74, 6) is 0. The molecular weight excluding hydrogens is 270 g/mol. The Morgan fingerprint density at radius 1 is 1.32 bits per heavy atom. The van der Waals surface area contributed by atoms with E-state index < -0.39 is 10.0 Å². The summed E-state index contributed by atoms with van der Waals surface area (Å²) in [7, 11) is 0.274. The molecule has 0 unspecified atom stereocenters. The molecule has 7 nitrogen and oxygen atoms in total. The fourth-order valence-corrected chi connectivity index (χ4v) is 2.22. The number of sulfonamides is 1. The molecule has 108 valence electrons. The van der Waals surface area contributed by atoms with Gasteiger partial charge in [-0.3, -0.25) is 4.79 Å². The van der Waals surface area contributed by atoms with Crippen molar-refractivity contribution in [2.75, 3.05) is 40.4 Å². The van der Waals surface area contributed by atoms with Crippen LogP contribution in [0, 0.1) is 0 Å². The van der Waals surface area contributed by atoms with Gasteiger partial charge in [0.15, 0.2) is 0 Å². The van der Waals surface area contributed by atoms with Gasteiger partial charge in [0.1, 0.15) is 0 Å². The Kier molecular flexibility index (Phi) is 6.16. The van der Waals surface area contributed by atoms with Gasteiger partial charge in [0.25, 0.3) is 0 Å². The standard InChI is InChI=1S/C11H19N3O4S/c1-14(2)6-8-18-7-5-13-19(16,17)10-3-4-11(15)12-9-10/h3-4,9,13H,5-8H2,1-2H3,(H,12,15). The van der Waals surface area contributed by atoms with E-state index in [0.29, 0.717) is 13.2 Å². The molecule has 0 saturated carbocycles. The van der Waals surface area contributed by atoms with Gasteiger partial charge in [-0.1, -0.05) is 0 Å². The molecule has 1 heterocycles. The second kappa shape index (κ2) is 7.39.